The maximum atomic E-state index is 3.30. The lowest BCUT2D eigenvalue weighted by Crippen LogP contribution is -2.04. The number of halogens is 2. The average Bonchev–Trinajstić information content (AvgIpc) is 2.54. The van der Waals surface area contributed by atoms with Crippen molar-refractivity contribution in [2.45, 2.75) is 117 Å². The smallest absolute Gasteiger partial charge is 0.0138 e. The zero-order valence-electron chi connectivity index (χ0n) is 16.5. The molecule has 0 saturated heterocycles. The summed E-state index contributed by atoms with van der Waals surface area (Å²) in [4.78, 5) is 0. The average molecular weight is 350 g/mol. The third-order valence-electron chi connectivity index (χ3n) is 4.35. The van der Waals surface area contributed by atoms with Crippen LogP contribution in [0.15, 0.2) is 12.3 Å². The molecule has 0 saturated carbocycles. The monoisotopic (exact) mass is 349 g/mol. The van der Waals surface area contributed by atoms with Crippen molar-refractivity contribution in [3.8, 4) is 0 Å². The Bertz CT molecular complexity index is 220. The van der Waals surface area contributed by atoms with Crippen molar-refractivity contribution in [3.63, 3.8) is 0 Å². The number of nitrogens with one attached hydrogen (secondary N) is 1. The van der Waals surface area contributed by atoms with Crippen molar-refractivity contribution in [2.75, 3.05) is 6.54 Å². The van der Waals surface area contributed by atoms with Crippen molar-refractivity contribution in [3.05, 3.63) is 12.3 Å². The van der Waals surface area contributed by atoms with Crippen LogP contribution in [0.25, 0.3) is 0 Å². The van der Waals surface area contributed by atoms with E-state index in [9.17, 15) is 0 Å². The van der Waals surface area contributed by atoms with Crippen molar-refractivity contribution >= 4 is 0 Å². The van der Waals surface area contributed by atoms with Gasteiger partial charge in [-0.2, -0.15) is 0 Å². The highest BCUT2D eigenvalue weighted by Gasteiger charge is 1.93. The Labute approximate surface area is 150 Å². The van der Waals surface area contributed by atoms with E-state index in [1.54, 1.807) is 0 Å². The third kappa shape index (κ3) is 26.3. The first kappa shape index (κ1) is 28.2. The predicted octanol–water partition coefficient (Wildman–Crippen LogP) is 7.68. The van der Waals surface area contributed by atoms with Gasteiger partial charge in [0.25, 0.3) is 0 Å². The summed E-state index contributed by atoms with van der Waals surface area (Å²) in [6, 6.07) is 0. The van der Waals surface area contributed by atoms with Crippen LogP contribution in [0, 0.1) is 0 Å². The molecular weight excluding hydrogens is 304 g/mol. The SMILES string of the molecule is CCCCCCCCCCCCCCCCC=CNCCC.F.F. The molecular formula is C21H45F2N. The Hall–Kier alpha value is -0.600. The van der Waals surface area contributed by atoms with E-state index in [1.807, 2.05) is 0 Å². The minimum atomic E-state index is 0. The second kappa shape index (κ2) is 27.3. The van der Waals surface area contributed by atoms with Crippen molar-refractivity contribution in [1.29, 1.82) is 0 Å². The first-order valence-corrected chi connectivity index (χ1v) is 10.3. The molecule has 0 aliphatic heterocycles. The van der Waals surface area contributed by atoms with Crippen LogP contribution in [-0.4, -0.2) is 6.54 Å². The van der Waals surface area contributed by atoms with Crippen LogP contribution in [0.2, 0.25) is 0 Å². The molecule has 0 atom stereocenters. The normalized spacial score (nSPS) is 10.4. The van der Waals surface area contributed by atoms with Crippen LogP contribution in [0.1, 0.15) is 117 Å². The predicted molar refractivity (Wildman–Crippen MR) is 107 cm³/mol. The fourth-order valence-electron chi connectivity index (χ4n) is 2.85. The van der Waals surface area contributed by atoms with E-state index in [4.69, 9.17) is 0 Å². The summed E-state index contributed by atoms with van der Waals surface area (Å²) in [5.41, 5.74) is 0. The number of rotatable bonds is 18. The van der Waals surface area contributed by atoms with Crippen molar-refractivity contribution in [2.24, 2.45) is 0 Å². The number of hydrogen-bond donors (Lipinski definition) is 1. The highest BCUT2D eigenvalue weighted by molar-refractivity contribution is 4.78. The second-order valence-corrected chi connectivity index (χ2v) is 6.74. The summed E-state index contributed by atoms with van der Waals surface area (Å²) in [6.45, 7) is 5.60. The lowest BCUT2D eigenvalue weighted by molar-refractivity contribution is 0.536. The largest absolute Gasteiger partial charge is 0.391 e. The molecule has 1 N–H and O–H groups in total. The van der Waals surface area contributed by atoms with Gasteiger partial charge in [-0.3, -0.25) is 9.41 Å². The lowest BCUT2D eigenvalue weighted by Gasteiger charge is -2.03. The fraction of sp³-hybridized carbons (Fsp3) is 0.905. The first-order chi connectivity index (χ1) is 10.9. The van der Waals surface area contributed by atoms with Crippen LogP contribution in [0.4, 0.5) is 9.41 Å². The van der Waals surface area contributed by atoms with Crippen LogP contribution in [0.5, 0.6) is 0 Å². The summed E-state index contributed by atoms with van der Waals surface area (Å²) in [5, 5.41) is 3.30. The molecule has 0 aromatic carbocycles. The molecule has 0 aliphatic rings. The highest BCUT2D eigenvalue weighted by Crippen LogP contribution is 2.13. The van der Waals surface area contributed by atoms with Gasteiger partial charge in [-0.05, 0) is 25.5 Å². The van der Waals surface area contributed by atoms with Gasteiger partial charge in [-0.25, -0.2) is 0 Å². The van der Waals surface area contributed by atoms with E-state index in [0.29, 0.717) is 0 Å². The van der Waals surface area contributed by atoms with E-state index in [2.05, 4.69) is 31.4 Å². The van der Waals surface area contributed by atoms with E-state index in [0.717, 1.165) is 6.54 Å². The van der Waals surface area contributed by atoms with Crippen LogP contribution >= 0.6 is 0 Å². The maximum absolute atomic E-state index is 3.30. The molecule has 24 heavy (non-hydrogen) atoms. The molecule has 0 heterocycles. The summed E-state index contributed by atoms with van der Waals surface area (Å²) in [5.74, 6) is 0. The molecule has 0 fully saturated rings. The summed E-state index contributed by atoms with van der Waals surface area (Å²) in [6.07, 6.45) is 27.1. The molecule has 0 aromatic rings. The van der Waals surface area contributed by atoms with Gasteiger partial charge in [0.1, 0.15) is 0 Å². The third-order valence-corrected chi connectivity index (χ3v) is 4.35. The molecule has 1 nitrogen and oxygen atoms in total. The van der Waals surface area contributed by atoms with E-state index >= 15 is 0 Å². The van der Waals surface area contributed by atoms with Gasteiger partial charge in [-0.1, -0.05) is 103 Å². The van der Waals surface area contributed by atoms with Crippen LogP contribution < -0.4 is 5.32 Å². The van der Waals surface area contributed by atoms with Gasteiger partial charge in [0.2, 0.25) is 0 Å². The Morgan fingerprint density at radius 1 is 0.542 bits per heavy atom. The van der Waals surface area contributed by atoms with E-state index in [-0.39, 0.29) is 9.41 Å². The highest BCUT2D eigenvalue weighted by atomic mass is 19.0. The van der Waals surface area contributed by atoms with Gasteiger partial charge in [-0.15, -0.1) is 0 Å². The topological polar surface area (TPSA) is 12.0 Å². The standard InChI is InChI=1S/C21H43N.2FH/c1-3-5-6-7-8-9-10-11-12-13-14-15-16-17-18-19-21-22-20-4-2;;/h19,21-22H,3-18,20H2,1-2H3;2*1H. The Morgan fingerprint density at radius 3 is 1.38 bits per heavy atom. The summed E-state index contributed by atoms with van der Waals surface area (Å²) < 4.78 is 0. The molecule has 0 spiro atoms. The Kier molecular flexibility index (Phi) is 32.0. The van der Waals surface area contributed by atoms with Gasteiger partial charge in [0.15, 0.2) is 0 Å². The van der Waals surface area contributed by atoms with Gasteiger partial charge >= 0.3 is 0 Å². The minimum Gasteiger partial charge on any atom is -0.391 e. The molecule has 0 rings (SSSR count). The number of unbranched alkanes of at least 4 members (excludes halogenated alkanes) is 14. The molecule has 0 aliphatic carbocycles. The fourth-order valence-corrected chi connectivity index (χ4v) is 2.85. The maximum Gasteiger partial charge on any atom is 0.0138 e. The van der Waals surface area contributed by atoms with Gasteiger partial charge in [0, 0.05) is 6.54 Å². The quantitative estimate of drug-likeness (QED) is 0.250. The first-order valence-electron chi connectivity index (χ1n) is 10.3. The summed E-state index contributed by atoms with van der Waals surface area (Å²) >= 11 is 0. The molecule has 148 valence electrons. The minimum absolute atomic E-state index is 0. The molecule has 0 aromatic heterocycles. The Balaban J connectivity index is -0.00000220. The lowest BCUT2D eigenvalue weighted by atomic mass is 10.0. The van der Waals surface area contributed by atoms with Crippen LogP contribution in [-0.2, 0) is 0 Å². The van der Waals surface area contributed by atoms with Gasteiger partial charge < -0.3 is 5.32 Å². The molecule has 0 radical (unpaired) electrons. The van der Waals surface area contributed by atoms with Crippen LogP contribution in [0.3, 0.4) is 0 Å². The van der Waals surface area contributed by atoms with Gasteiger partial charge in [0.05, 0.1) is 0 Å². The van der Waals surface area contributed by atoms with Crippen molar-refractivity contribution < 1.29 is 9.41 Å². The summed E-state index contributed by atoms with van der Waals surface area (Å²) in [7, 11) is 0. The zero-order valence-corrected chi connectivity index (χ0v) is 16.5. The molecule has 0 bridgehead atoms. The molecule has 0 amide bonds. The van der Waals surface area contributed by atoms with Crippen molar-refractivity contribution in [1.82, 2.24) is 5.32 Å². The number of hydrogen-bond acceptors (Lipinski definition) is 1. The number of allylic oxidation sites excluding steroid dienone is 1. The molecule has 3 heteroatoms. The Morgan fingerprint density at radius 2 is 0.958 bits per heavy atom. The van der Waals surface area contributed by atoms with E-state index in [1.165, 1.54) is 103 Å². The molecule has 0 unspecified atom stereocenters. The zero-order chi connectivity index (χ0) is 16.1. The second-order valence-electron chi connectivity index (χ2n) is 6.74. The van der Waals surface area contributed by atoms with E-state index < -0.39 is 0 Å².